The molecule has 2 aromatic heterocycles. The minimum atomic E-state index is -0.689. The van der Waals surface area contributed by atoms with Crippen molar-refractivity contribution in [2.75, 3.05) is 26.3 Å². The van der Waals surface area contributed by atoms with Crippen LogP contribution in [0.1, 0.15) is 55.5 Å². The van der Waals surface area contributed by atoms with Crippen LogP contribution < -0.4 is 10.9 Å². The van der Waals surface area contributed by atoms with E-state index in [4.69, 9.17) is 9.47 Å². The van der Waals surface area contributed by atoms with Crippen molar-refractivity contribution in [3.05, 3.63) is 33.8 Å². The van der Waals surface area contributed by atoms with E-state index < -0.39 is 11.5 Å². The maximum atomic E-state index is 13.2. The number of nitrogens with one attached hydrogen (secondary N) is 1. The van der Waals surface area contributed by atoms with Crippen LogP contribution in [0, 0.1) is 5.92 Å². The number of hydrogen-bond acceptors (Lipinski definition) is 7. The Balaban J connectivity index is 1.52. The van der Waals surface area contributed by atoms with Gasteiger partial charge in [-0.1, -0.05) is 0 Å². The quantitative estimate of drug-likeness (QED) is 0.571. The molecule has 194 valence electrons. The van der Waals surface area contributed by atoms with Gasteiger partial charge < -0.3 is 24.8 Å². The lowest BCUT2D eigenvalue weighted by Gasteiger charge is -2.34. The van der Waals surface area contributed by atoms with Gasteiger partial charge in [-0.15, -0.1) is 0 Å². The smallest absolute Gasteiger partial charge is 0.291 e. The van der Waals surface area contributed by atoms with Gasteiger partial charge in [0.15, 0.2) is 5.56 Å². The van der Waals surface area contributed by atoms with Crippen molar-refractivity contribution < 1.29 is 24.2 Å². The summed E-state index contributed by atoms with van der Waals surface area (Å²) in [5.41, 5.74) is -0.149. The zero-order chi connectivity index (χ0) is 25.4. The Hall–Kier alpha value is -3.18. The fourth-order valence-corrected chi connectivity index (χ4v) is 5.00. The van der Waals surface area contributed by atoms with Gasteiger partial charge in [-0.25, -0.2) is 0 Å². The maximum absolute atomic E-state index is 13.2. The van der Waals surface area contributed by atoms with Gasteiger partial charge in [0, 0.05) is 50.5 Å². The lowest BCUT2D eigenvalue weighted by atomic mass is 10.00. The summed E-state index contributed by atoms with van der Waals surface area (Å²) >= 11 is 0. The summed E-state index contributed by atoms with van der Waals surface area (Å²) in [7, 11) is 0. The molecule has 11 heteroatoms. The fraction of sp³-hybridized carbons (Fsp3) is 0.600. The van der Waals surface area contributed by atoms with Crippen molar-refractivity contribution in [1.82, 2.24) is 24.4 Å². The number of carbonyl (C=O) groups is 2. The van der Waals surface area contributed by atoms with E-state index in [-0.39, 0.29) is 41.5 Å². The number of ether oxygens (including phenoxy) is 2. The van der Waals surface area contributed by atoms with E-state index in [0.29, 0.717) is 44.1 Å². The molecule has 2 saturated heterocycles. The molecule has 11 nitrogen and oxygen atoms in total. The van der Waals surface area contributed by atoms with E-state index in [1.54, 1.807) is 15.5 Å². The average molecular weight is 500 g/mol. The number of morpholine rings is 1. The number of fused-ring (bicyclic) bond motifs is 1. The molecule has 3 fully saturated rings. The van der Waals surface area contributed by atoms with Crippen LogP contribution in [-0.2, 0) is 20.8 Å². The number of aromatic hydroxyl groups is 1. The summed E-state index contributed by atoms with van der Waals surface area (Å²) in [6.07, 6.45) is 7.75. The molecular formula is C25H33N5O6. The van der Waals surface area contributed by atoms with E-state index in [1.165, 1.54) is 12.3 Å². The summed E-state index contributed by atoms with van der Waals surface area (Å²) < 4.78 is 13.9. The highest BCUT2D eigenvalue weighted by Gasteiger charge is 2.31. The number of rotatable bonds is 6. The van der Waals surface area contributed by atoms with Crippen molar-refractivity contribution in [2.45, 2.75) is 64.3 Å². The van der Waals surface area contributed by atoms with Crippen LogP contribution in [0.25, 0.3) is 11.7 Å². The molecular weight excluding hydrogens is 466 g/mol. The molecule has 2 unspecified atom stereocenters. The lowest BCUT2D eigenvalue weighted by molar-refractivity contribution is -0.137. The van der Waals surface area contributed by atoms with Crippen molar-refractivity contribution in [1.29, 1.82) is 0 Å². The second kappa shape index (κ2) is 10.1. The first-order valence-corrected chi connectivity index (χ1v) is 12.7. The molecule has 1 saturated carbocycles. The van der Waals surface area contributed by atoms with Gasteiger partial charge >= 0.3 is 0 Å². The van der Waals surface area contributed by atoms with Gasteiger partial charge in [0.05, 0.1) is 18.4 Å². The average Bonchev–Trinajstić information content (AvgIpc) is 3.55. The van der Waals surface area contributed by atoms with Crippen LogP contribution in [0.15, 0.2) is 17.1 Å². The normalized spacial score (nSPS) is 23.4. The minimum absolute atomic E-state index is 0.0312. The van der Waals surface area contributed by atoms with Crippen LogP contribution >= 0.6 is 0 Å². The second-order valence-corrected chi connectivity index (χ2v) is 10.1. The largest absolute Gasteiger partial charge is 0.494 e. The molecule has 4 heterocycles. The third kappa shape index (κ3) is 5.03. The van der Waals surface area contributed by atoms with Crippen molar-refractivity contribution >= 4 is 23.5 Å². The topological polar surface area (TPSA) is 127 Å². The van der Waals surface area contributed by atoms with Crippen LogP contribution in [-0.4, -0.2) is 80.6 Å². The molecule has 36 heavy (non-hydrogen) atoms. The molecule has 2 aromatic rings. The minimum Gasteiger partial charge on any atom is -0.494 e. The molecule has 0 spiro atoms. The van der Waals surface area contributed by atoms with E-state index in [9.17, 15) is 19.5 Å². The Kier molecular flexibility index (Phi) is 6.85. The van der Waals surface area contributed by atoms with Gasteiger partial charge in [-0.2, -0.15) is 9.61 Å². The highest BCUT2D eigenvalue weighted by molar-refractivity contribution is 5.97. The fourth-order valence-electron chi connectivity index (χ4n) is 5.00. The Morgan fingerprint density at radius 2 is 1.86 bits per heavy atom. The molecule has 0 bridgehead atoms. The molecule has 0 aromatic carbocycles. The highest BCUT2D eigenvalue weighted by Crippen LogP contribution is 2.27. The molecule has 0 radical (unpaired) electrons. The van der Waals surface area contributed by atoms with E-state index >= 15 is 0 Å². The molecule has 1 aliphatic carbocycles. The molecule has 5 rings (SSSR count). The number of carbonyl (C=O) groups excluding carboxylic acids is 2. The standard InChI is InChI=1S/C25H33N5O6/c1-15-12-28(13-16(2)36-15)20(31)6-3-18-11-26-30-23(18)29(14-17-7-9-35-10-8-17)24(33)21(25(30)34)22(32)27-19-4-5-19/h3,6,11,15-17,19,33H,4-5,7-10,12-14H2,1-2H3,(H,27,32). The molecule has 3 aliphatic rings. The first kappa shape index (κ1) is 24.5. The summed E-state index contributed by atoms with van der Waals surface area (Å²) in [5.74, 6) is -0.949. The van der Waals surface area contributed by atoms with Crippen molar-refractivity contribution in [3.8, 4) is 5.88 Å². The Bertz CT molecular complexity index is 1230. The molecule has 2 aliphatic heterocycles. The van der Waals surface area contributed by atoms with E-state index in [2.05, 4.69) is 10.4 Å². The molecule has 2 amide bonds. The lowest BCUT2D eigenvalue weighted by Crippen LogP contribution is -2.47. The van der Waals surface area contributed by atoms with Crippen molar-refractivity contribution in [2.24, 2.45) is 5.92 Å². The second-order valence-electron chi connectivity index (χ2n) is 10.1. The van der Waals surface area contributed by atoms with Crippen LogP contribution in [0.3, 0.4) is 0 Å². The monoisotopic (exact) mass is 499 g/mol. The van der Waals surface area contributed by atoms with E-state index in [0.717, 1.165) is 30.2 Å². The number of aromatic nitrogens is 3. The third-order valence-corrected chi connectivity index (χ3v) is 6.97. The van der Waals surface area contributed by atoms with Gasteiger partial charge in [0.1, 0.15) is 5.65 Å². The molecule has 2 N–H and O–H groups in total. The summed E-state index contributed by atoms with van der Waals surface area (Å²) in [6, 6.07) is 0.0312. The van der Waals surface area contributed by atoms with Gasteiger partial charge in [0.2, 0.25) is 11.8 Å². The Morgan fingerprint density at radius 3 is 2.53 bits per heavy atom. The summed E-state index contributed by atoms with van der Waals surface area (Å²) in [4.78, 5) is 40.7. The number of hydrogen-bond donors (Lipinski definition) is 2. The first-order chi connectivity index (χ1) is 17.3. The van der Waals surface area contributed by atoms with Crippen LogP contribution in [0.4, 0.5) is 0 Å². The zero-order valence-corrected chi connectivity index (χ0v) is 20.7. The maximum Gasteiger partial charge on any atom is 0.291 e. The third-order valence-electron chi connectivity index (χ3n) is 6.97. The van der Waals surface area contributed by atoms with E-state index in [1.807, 2.05) is 13.8 Å². The predicted molar refractivity (Wildman–Crippen MR) is 131 cm³/mol. The first-order valence-electron chi connectivity index (χ1n) is 12.7. The zero-order valence-electron chi connectivity index (χ0n) is 20.7. The highest BCUT2D eigenvalue weighted by atomic mass is 16.5. The summed E-state index contributed by atoms with van der Waals surface area (Å²) in [6.45, 7) is 6.48. The SMILES string of the molecule is CC1CN(C(=O)C=Cc2cnn3c(=O)c(C(=O)NC4CC4)c(O)n(CC4CCOCC4)c23)CC(C)O1. The number of amides is 2. The molecule has 2 atom stereocenters. The van der Waals surface area contributed by atoms with Crippen molar-refractivity contribution in [3.63, 3.8) is 0 Å². The Labute approximate surface area is 208 Å². The van der Waals surface area contributed by atoms with Gasteiger partial charge in [0.25, 0.3) is 11.5 Å². The van der Waals surface area contributed by atoms with Crippen LogP contribution in [0.2, 0.25) is 0 Å². The van der Waals surface area contributed by atoms with Gasteiger partial charge in [-0.3, -0.25) is 19.0 Å². The predicted octanol–water partition coefficient (Wildman–Crippen LogP) is 1.17. The summed E-state index contributed by atoms with van der Waals surface area (Å²) in [5, 5.41) is 18.2. The Morgan fingerprint density at radius 1 is 1.17 bits per heavy atom. The van der Waals surface area contributed by atoms with Gasteiger partial charge in [-0.05, 0) is 51.5 Å². The van der Waals surface area contributed by atoms with Crippen LogP contribution in [0.5, 0.6) is 5.88 Å². The number of nitrogens with zero attached hydrogens (tertiary/aromatic N) is 4.